The van der Waals surface area contributed by atoms with Gasteiger partial charge in [0.2, 0.25) is 0 Å². The van der Waals surface area contributed by atoms with Crippen LogP contribution in [0, 0.1) is 16.7 Å². The summed E-state index contributed by atoms with van der Waals surface area (Å²) in [5.74, 6) is -4.08. The topological polar surface area (TPSA) is 190 Å². The monoisotopic (exact) mass is 812 g/mol. The minimum absolute atomic E-state index is 0.0276. The van der Waals surface area contributed by atoms with Crippen LogP contribution in [0.3, 0.4) is 0 Å². The third kappa shape index (κ3) is 7.27. The second kappa shape index (κ2) is 15.9. The van der Waals surface area contributed by atoms with E-state index in [1.165, 1.54) is 26.0 Å². The van der Waals surface area contributed by atoms with Gasteiger partial charge in [-0.05, 0) is 48.3 Å². The van der Waals surface area contributed by atoms with E-state index in [1.807, 2.05) is 0 Å². The molecule has 312 valence electrons. The number of Topliss-reactive ketones (excluding diaryl/α,β-unsaturated/α-hetero) is 1. The molecule has 0 aromatic heterocycles. The molecular formula is C45H48O14. The summed E-state index contributed by atoms with van der Waals surface area (Å²) in [4.78, 5) is 70.6. The van der Waals surface area contributed by atoms with E-state index >= 15 is 4.79 Å². The standard InChI is InChI=1S/C45H48O14/c1-26-31(47)22-45(52)38(58-39(49)30-19-13-8-14-20-30)36-43(5,37(48)35(34(26)42(45,3)4)57-41(51)54-24-29-17-11-7-12-18-29)32(21-33-44(36,25-55-33)59-27(2)46)56-40(50)53-23-28-15-9-6-10-16-28/h6-20,31-33,35-36,38,47,52H,21-25H2,1-5H3/t31-,32-,33+,35-,36-,38-,43+,44-,45+/m0/s1. The Balaban J connectivity index is 1.40. The Hall–Kier alpha value is -5.57. The Bertz CT molecular complexity index is 2120. The fourth-order valence-corrected chi connectivity index (χ4v) is 9.60. The van der Waals surface area contributed by atoms with Gasteiger partial charge in [-0.1, -0.05) is 92.7 Å². The van der Waals surface area contributed by atoms with Crippen LogP contribution >= 0.6 is 0 Å². The lowest BCUT2D eigenvalue weighted by Gasteiger charge is -2.67. The van der Waals surface area contributed by atoms with Gasteiger partial charge in [0.25, 0.3) is 0 Å². The van der Waals surface area contributed by atoms with Crippen molar-refractivity contribution in [2.75, 3.05) is 6.61 Å². The number of rotatable bonds is 9. The number of ketones is 1. The Morgan fingerprint density at radius 3 is 1.86 bits per heavy atom. The largest absolute Gasteiger partial charge is 0.509 e. The molecule has 1 heterocycles. The Kier molecular flexibility index (Phi) is 11.2. The molecule has 0 unspecified atom stereocenters. The zero-order valence-electron chi connectivity index (χ0n) is 33.5. The van der Waals surface area contributed by atoms with E-state index in [0.717, 1.165) is 0 Å². The van der Waals surface area contributed by atoms with Crippen LogP contribution in [0.1, 0.15) is 68.9 Å². The summed E-state index contributed by atoms with van der Waals surface area (Å²) < 4.78 is 41.6. The fourth-order valence-electron chi connectivity index (χ4n) is 9.60. The number of carbonyl (C=O) groups is 5. The summed E-state index contributed by atoms with van der Waals surface area (Å²) in [7, 11) is 0. The van der Waals surface area contributed by atoms with Crippen molar-refractivity contribution in [3.8, 4) is 0 Å². The molecule has 0 radical (unpaired) electrons. The first-order valence-corrected chi connectivity index (χ1v) is 19.5. The number of esters is 2. The van der Waals surface area contributed by atoms with E-state index in [1.54, 1.807) is 99.6 Å². The number of hydrogen-bond acceptors (Lipinski definition) is 14. The van der Waals surface area contributed by atoms with Crippen molar-refractivity contribution in [1.82, 2.24) is 0 Å². The second-order valence-electron chi connectivity index (χ2n) is 16.4. The summed E-state index contributed by atoms with van der Waals surface area (Å²) in [5, 5.41) is 25.2. The molecule has 9 atom stereocenters. The predicted molar refractivity (Wildman–Crippen MR) is 206 cm³/mol. The van der Waals surface area contributed by atoms with Crippen LogP contribution in [-0.2, 0) is 56.0 Å². The van der Waals surface area contributed by atoms with Gasteiger partial charge in [-0.3, -0.25) is 9.59 Å². The van der Waals surface area contributed by atoms with E-state index in [4.69, 9.17) is 33.2 Å². The van der Waals surface area contributed by atoms with Crippen molar-refractivity contribution < 1.29 is 67.3 Å². The average molecular weight is 813 g/mol. The highest BCUT2D eigenvalue weighted by molar-refractivity contribution is 5.95. The summed E-state index contributed by atoms with van der Waals surface area (Å²) >= 11 is 0. The van der Waals surface area contributed by atoms with Crippen molar-refractivity contribution in [3.63, 3.8) is 0 Å². The van der Waals surface area contributed by atoms with Gasteiger partial charge < -0.3 is 43.4 Å². The molecule has 59 heavy (non-hydrogen) atoms. The number of aliphatic hydroxyl groups excluding tert-OH is 1. The lowest BCUT2D eigenvalue weighted by atomic mass is 9.44. The molecule has 3 aliphatic carbocycles. The SMILES string of the molecule is CC(=O)O[C@@]12CO[C@@H]1C[C@H](OC(=O)OCc1ccccc1)[C@@]1(C)C(=O)[C@@H](OC(=O)OCc3ccccc3)C3=C(C)[C@@H](O)C[C@@](O)([C@@H](OC(=O)c4ccccc4)[C@H]21)C3(C)C. The normalized spacial score (nSPS) is 31.7. The number of aliphatic hydroxyl groups is 2. The van der Waals surface area contributed by atoms with E-state index in [0.29, 0.717) is 11.1 Å². The van der Waals surface area contributed by atoms with Crippen molar-refractivity contribution in [1.29, 1.82) is 0 Å². The van der Waals surface area contributed by atoms with E-state index in [9.17, 15) is 29.4 Å². The van der Waals surface area contributed by atoms with E-state index < -0.39 is 94.9 Å². The molecule has 3 fully saturated rings. The van der Waals surface area contributed by atoms with Crippen molar-refractivity contribution in [3.05, 3.63) is 119 Å². The summed E-state index contributed by atoms with van der Waals surface area (Å²) in [6.07, 6.45) is -10.6. The maximum atomic E-state index is 15.9. The van der Waals surface area contributed by atoms with Crippen LogP contribution in [0.5, 0.6) is 0 Å². The van der Waals surface area contributed by atoms with Crippen LogP contribution in [0.2, 0.25) is 0 Å². The molecule has 0 amide bonds. The van der Waals surface area contributed by atoms with E-state index in [2.05, 4.69) is 0 Å². The first-order chi connectivity index (χ1) is 28.0. The number of hydrogen-bond donors (Lipinski definition) is 2. The highest BCUT2D eigenvalue weighted by Crippen LogP contribution is 2.64. The Morgan fingerprint density at radius 1 is 0.797 bits per heavy atom. The molecular weight excluding hydrogens is 764 g/mol. The third-order valence-corrected chi connectivity index (χ3v) is 12.7. The number of benzene rings is 3. The average Bonchev–Trinajstić information content (AvgIpc) is 3.21. The van der Waals surface area contributed by atoms with Crippen LogP contribution in [0.15, 0.2) is 102 Å². The molecule has 3 aromatic rings. The van der Waals surface area contributed by atoms with Gasteiger partial charge in [0.1, 0.15) is 37.1 Å². The Morgan fingerprint density at radius 2 is 1.34 bits per heavy atom. The van der Waals surface area contributed by atoms with Gasteiger partial charge in [-0.15, -0.1) is 0 Å². The quantitative estimate of drug-likeness (QED) is 0.150. The first-order valence-electron chi connectivity index (χ1n) is 19.5. The van der Waals surface area contributed by atoms with Gasteiger partial charge in [0, 0.05) is 25.2 Å². The molecule has 3 aromatic carbocycles. The zero-order chi connectivity index (χ0) is 42.3. The fraction of sp³-hybridized carbons (Fsp3) is 0.444. The minimum atomic E-state index is -2.28. The molecule has 2 N–H and O–H groups in total. The predicted octanol–water partition coefficient (Wildman–Crippen LogP) is 5.80. The van der Waals surface area contributed by atoms with Crippen molar-refractivity contribution >= 4 is 30.0 Å². The summed E-state index contributed by atoms with van der Waals surface area (Å²) in [6.45, 7) is 6.66. The summed E-state index contributed by atoms with van der Waals surface area (Å²) in [6, 6.07) is 25.6. The molecule has 14 nitrogen and oxygen atoms in total. The van der Waals surface area contributed by atoms with Crippen molar-refractivity contribution in [2.45, 2.75) is 102 Å². The Labute approximate surface area is 341 Å². The van der Waals surface area contributed by atoms with Gasteiger partial charge in [0.15, 0.2) is 17.5 Å². The molecule has 1 aliphatic heterocycles. The number of ether oxygens (including phenoxy) is 7. The van der Waals surface area contributed by atoms with Crippen LogP contribution < -0.4 is 0 Å². The van der Waals surface area contributed by atoms with Gasteiger partial charge >= 0.3 is 24.2 Å². The molecule has 2 saturated carbocycles. The zero-order valence-corrected chi connectivity index (χ0v) is 33.5. The molecule has 14 heteroatoms. The van der Waals surface area contributed by atoms with Crippen LogP contribution in [0.4, 0.5) is 9.59 Å². The summed E-state index contributed by atoms with van der Waals surface area (Å²) in [5.41, 5.74) is -6.12. The molecule has 7 rings (SSSR count). The number of fused-ring (bicyclic) bond motifs is 5. The third-order valence-electron chi connectivity index (χ3n) is 12.7. The maximum absolute atomic E-state index is 15.9. The number of carbonyl (C=O) groups excluding carboxylic acids is 5. The van der Waals surface area contributed by atoms with Crippen LogP contribution in [0.25, 0.3) is 0 Å². The molecule has 1 saturated heterocycles. The van der Waals surface area contributed by atoms with Crippen LogP contribution in [-0.4, -0.2) is 88.6 Å². The van der Waals surface area contributed by atoms with Gasteiger partial charge in [0.05, 0.1) is 29.6 Å². The van der Waals surface area contributed by atoms with Gasteiger partial charge in [-0.25, -0.2) is 14.4 Å². The maximum Gasteiger partial charge on any atom is 0.509 e. The van der Waals surface area contributed by atoms with E-state index in [-0.39, 0.29) is 43.0 Å². The highest BCUT2D eigenvalue weighted by atomic mass is 16.7. The second-order valence-corrected chi connectivity index (χ2v) is 16.4. The molecule has 4 aliphatic rings. The molecule has 2 bridgehead atoms. The lowest BCUT2D eigenvalue weighted by Crippen LogP contribution is -2.82. The first kappa shape index (κ1) is 41.6. The molecule has 0 spiro atoms. The minimum Gasteiger partial charge on any atom is -0.455 e. The van der Waals surface area contributed by atoms with Gasteiger partial charge in [-0.2, -0.15) is 0 Å². The smallest absolute Gasteiger partial charge is 0.455 e. The highest BCUT2D eigenvalue weighted by Gasteiger charge is 2.79. The lowest BCUT2D eigenvalue weighted by molar-refractivity contribution is -0.346. The van der Waals surface area contributed by atoms with Crippen molar-refractivity contribution in [2.24, 2.45) is 16.7 Å².